The molecule has 0 aliphatic heterocycles. The molecule has 4 heteroatoms. The van der Waals surface area contributed by atoms with Crippen LogP contribution in [0.15, 0.2) is 50.9 Å². The fourth-order valence-corrected chi connectivity index (χ4v) is 3.05. The van der Waals surface area contributed by atoms with Crippen LogP contribution in [-0.2, 0) is 0 Å². The molecule has 0 aliphatic rings. The summed E-state index contributed by atoms with van der Waals surface area (Å²) >= 11 is 2.94. The maximum absolute atomic E-state index is 12.6. The van der Waals surface area contributed by atoms with E-state index in [-0.39, 0.29) is 5.56 Å². The second-order valence-corrected chi connectivity index (χ2v) is 5.16. The first-order valence-corrected chi connectivity index (χ1v) is 6.05. The molecule has 0 fully saturated rings. The van der Waals surface area contributed by atoms with Gasteiger partial charge in [-0.25, -0.2) is 8.78 Å². The first kappa shape index (κ1) is 10.6. The Bertz CT molecular complexity index is 424. The maximum Gasteiger partial charge on any atom is 0.264 e. The van der Waals surface area contributed by atoms with Crippen molar-refractivity contribution in [1.82, 2.24) is 0 Å². The highest BCUT2D eigenvalue weighted by molar-refractivity contribution is 8.01. The molecule has 0 saturated carbocycles. The molecule has 0 aliphatic carbocycles. The quantitative estimate of drug-likeness (QED) is 0.742. The fraction of sp³-hybridized carbons (Fsp3) is 0.0909. The molecular formula is C11H8F2S2. The zero-order valence-electron chi connectivity index (χ0n) is 7.69. The Morgan fingerprint density at radius 1 is 1.07 bits per heavy atom. The zero-order chi connectivity index (χ0) is 10.7. The van der Waals surface area contributed by atoms with Crippen molar-refractivity contribution >= 4 is 23.1 Å². The molecule has 0 saturated heterocycles. The molecule has 2 rings (SSSR count). The van der Waals surface area contributed by atoms with Crippen LogP contribution >= 0.6 is 23.1 Å². The number of hydrogen-bond donors (Lipinski definition) is 0. The van der Waals surface area contributed by atoms with E-state index in [1.165, 1.54) is 17.8 Å². The van der Waals surface area contributed by atoms with Gasteiger partial charge in [-0.3, -0.25) is 0 Å². The van der Waals surface area contributed by atoms with Gasteiger partial charge in [0, 0.05) is 10.5 Å². The van der Waals surface area contributed by atoms with Crippen LogP contribution in [0, 0.1) is 0 Å². The number of thiophene rings is 1. The molecule has 0 unspecified atom stereocenters. The molecule has 1 aromatic heterocycles. The lowest BCUT2D eigenvalue weighted by molar-refractivity contribution is 0.148. The van der Waals surface area contributed by atoms with Crippen molar-refractivity contribution in [2.24, 2.45) is 0 Å². The van der Waals surface area contributed by atoms with Gasteiger partial charge in [0.15, 0.2) is 0 Å². The van der Waals surface area contributed by atoms with Gasteiger partial charge in [-0.2, -0.15) is 0 Å². The summed E-state index contributed by atoms with van der Waals surface area (Å²) in [7, 11) is 0. The highest BCUT2D eigenvalue weighted by Crippen LogP contribution is 2.36. The smallest absolute Gasteiger partial charge is 0.205 e. The molecule has 1 heterocycles. The Hall–Kier alpha value is -0.870. The minimum absolute atomic E-state index is 0.107. The van der Waals surface area contributed by atoms with Gasteiger partial charge >= 0.3 is 0 Å². The van der Waals surface area contributed by atoms with E-state index in [0.717, 1.165) is 4.21 Å². The molecule has 15 heavy (non-hydrogen) atoms. The van der Waals surface area contributed by atoms with Crippen LogP contribution in [0.3, 0.4) is 0 Å². The number of hydrogen-bond acceptors (Lipinski definition) is 2. The Labute approximate surface area is 94.9 Å². The van der Waals surface area contributed by atoms with E-state index in [2.05, 4.69) is 0 Å². The maximum atomic E-state index is 12.6. The highest BCUT2D eigenvalue weighted by atomic mass is 32.2. The summed E-state index contributed by atoms with van der Waals surface area (Å²) in [4.78, 5) is 0.634. The molecule has 0 nitrogen and oxygen atoms in total. The van der Waals surface area contributed by atoms with E-state index in [1.54, 1.807) is 29.5 Å². The third-order valence-corrected chi connectivity index (χ3v) is 3.99. The molecule has 1 aromatic carbocycles. The van der Waals surface area contributed by atoms with Crippen molar-refractivity contribution in [3.8, 4) is 0 Å². The third kappa shape index (κ3) is 2.58. The lowest BCUT2D eigenvalue weighted by Gasteiger charge is -2.06. The standard InChI is InChI=1S/C11H8F2S2/c12-11(13)8-4-1-2-5-9(8)15-10-6-3-7-14-10/h1-7,11H. The topological polar surface area (TPSA) is 0 Å². The van der Waals surface area contributed by atoms with E-state index in [0.29, 0.717) is 4.90 Å². The van der Waals surface area contributed by atoms with Gasteiger partial charge in [0.05, 0.1) is 4.21 Å². The summed E-state index contributed by atoms with van der Waals surface area (Å²) in [6.45, 7) is 0. The molecule has 0 amide bonds. The number of halogens is 2. The molecule has 78 valence electrons. The first-order valence-electron chi connectivity index (χ1n) is 4.36. The second kappa shape index (κ2) is 4.77. The van der Waals surface area contributed by atoms with E-state index in [4.69, 9.17) is 0 Å². The minimum atomic E-state index is -2.41. The monoisotopic (exact) mass is 242 g/mol. The van der Waals surface area contributed by atoms with Gasteiger partial charge in [-0.15, -0.1) is 11.3 Å². The van der Waals surface area contributed by atoms with Gasteiger partial charge < -0.3 is 0 Å². The first-order chi connectivity index (χ1) is 7.27. The SMILES string of the molecule is FC(F)c1ccccc1Sc1cccs1. The predicted octanol–water partition coefficient (Wildman–Crippen LogP) is 4.84. The minimum Gasteiger partial charge on any atom is -0.205 e. The van der Waals surface area contributed by atoms with Crippen LogP contribution in [-0.4, -0.2) is 0 Å². The molecule has 2 aromatic rings. The van der Waals surface area contributed by atoms with E-state index >= 15 is 0 Å². The van der Waals surface area contributed by atoms with Gasteiger partial charge in [0.2, 0.25) is 0 Å². The van der Waals surface area contributed by atoms with Crippen LogP contribution in [0.4, 0.5) is 8.78 Å². The normalized spacial score (nSPS) is 10.9. The number of alkyl halides is 2. The van der Waals surface area contributed by atoms with Crippen LogP contribution in [0.2, 0.25) is 0 Å². The number of rotatable bonds is 3. The predicted molar refractivity (Wildman–Crippen MR) is 59.8 cm³/mol. The van der Waals surface area contributed by atoms with Crippen molar-refractivity contribution in [1.29, 1.82) is 0 Å². The van der Waals surface area contributed by atoms with Gasteiger partial charge in [-0.1, -0.05) is 36.0 Å². The Morgan fingerprint density at radius 3 is 2.53 bits per heavy atom. The molecular weight excluding hydrogens is 234 g/mol. The Balaban J connectivity index is 2.28. The van der Waals surface area contributed by atoms with Gasteiger partial charge in [-0.05, 0) is 17.5 Å². The lowest BCUT2D eigenvalue weighted by atomic mass is 10.2. The Morgan fingerprint density at radius 2 is 1.87 bits per heavy atom. The summed E-state index contributed by atoms with van der Waals surface area (Å²) < 4.78 is 26.3. The molecule has 0 radical (unpaired) electrons. The largest absolute Gasteiger partial charge is 0.264 e. The molecule has 0 spiro atoms. The highest BCUT2D eigenvalue weighted by Gasteiger charge is 2.12. The van der Waals surface area contributed by atoms with Gasteiger partial charge in [0.25, 0.3) is 6.43 Å². The van der Waals surface area contributed by atoms with E-state index in [9.17, 15) is 8.78 Å². The average molecular weight is 242 g/mol. The average Bonchev–Trinajstić information content (AvgIpc) is 2.71. The summed E-state index contributed by atoms with van der Waals surface area (Å²) in [5.41, 5.74) is 0.107. The van der Waals surface area contributed by atoms with Crippen molar-refractivity contribution in [3.05, 3.63) is 47.3 Å². The van der Waals surface area contributed by atoms with Crippen LogP contribution in [0.1, 0.15) is 12.0 Å². The molecule has 0 N–H and O–H groups in total. The third-order valence-electron chi connectivity index (χ3n) is 1.86. The summed E-state index contributed by atoms with van der Waals surface area (Å²) in [5.74, 6) is 0. The summed E-state index contributed by atoms with van der Waals surface area (Å²) in [6, 6.07) is 10.5. The second-order valence-electron chi connectivity index (χ2n) is 2.87. The van der Waals surface area contributed by atoms with Crippen LogP contribution < -0.4 is 0 Å². The van der Waals surface area contributed by atoms with Gasteiger partial charge in [0.1, 0.15) is 0 Å². The fourth-order valence-electron chi connectivity index (χ4n) is 1.18. The lowest BCUT2D eigenvalue weighted by Crippen LogP contribution is -1.86. The Kier molecular flexibility index (Phi) is 3.38. The number of benzene rings is 1. The zero-order valence-corrected chi connectivity index (χ0v) is 9.32. The molecule has 0 bridgehead atoms. The van der Waals surface area contributed by atoms with E-state index in [1.807, 2.05) is 17.5 Å². The molecule has 0 atom stereocenters. The van der Waals surface area contributed by atoms with Crippen molar-refractivity contribution in [2.75, 3.05) is 0 Å². The van der Waals surface area contributed by atoms with Crippen LogP contribution in [0.5, 0.6) is 0 Å². The van der Waals surface area contributed by atoms with Crippen LogP contribution in [0.25, 0.3) is 0 Å². The van der Waals surface area contributed by atoms with Crippen molar-refractivity contribution < 1.29 is 8.78 Å². The van der Waals surface area contributed by atoms with Crippen molar-refractivity contribution in [2.45, 2.75) is 15.5 Å². The van der Waals surface area contributed by atoms with Crippen molar-refractivity contribution in [3.63, 3.8) is 0 Å². The summed E-state index contributed by atoms with van der Waals surface area (Å²) in [5, 5.41) is 1.94. The summed E-state index contributed by atoms with van der Waals surface area (Å²) in [6.07, 6.45) is -2.41. The van der Waals surface area contributed by atoms with E-state index < -0.39 is 6.43 Å².